The zero-order chi connectivity index (χ0) is 11.7. The number of hydrogen-bond donors (Lipinski definition) is 1. The third-order valence-corrected chi connectivity index (χ3v) is 4.16. The van der Waals surface area contributed by atoms with Crippen molar-refractivity contribution in [3.8, 4) is 0 Å². The molecule has 2 aliphatic rings. The molecule has 0 bridgehead atoms. The molecule has 4 heteroatoms. The Hall–Kier alpha value is -0.900. The van der Waals surface area contributed by atoms with Crippen LogP contribution < -0.4 is 5.32 Å². The Morgan fingerprint density at radius 1 is 1.24 bits per heavy atom. The third-order valence-electron chi connectivity index (χ3n) is 4.16. The van der Waals surface area contributed by atoms with Crippen LogP contribution in [0.2, 0.25) is 0 Å². The first-order chi connectivity index (χ1) is 8.34. The Balaban J connectivity index is 1.74. The first-order valence-electron chi connectivity index (χ1n) is 7.00. The molecule has 1 N–H and O–H groups in total. The smallest absolute Gasteiger partial charge is 0.135 e. The fraction of sp³-hybridized carbons (Fsp3) is 0.846. The van der Waals surface area contributed by atoms with Gasteiger partial charge < -0.3 is 9.88 Å². The van der Waals surface area contributed by atoms with Gasteiger partial charge >= 0.3 is 0 Å². The van der Waals surface area contributed by atoms with Gasteiger partial charge in [0, 0.05) is 24.9 Å². The summed E-state index contributed by atoms with van der Waals surface area (Å²) in [4.78, 5) is 0. The Labute approximate surface area is 103 Å². The molecule has 0 saturated carbocycles. The zero-order valence-corrected chi connectivity index (χ0v) is 10.7. The largest absolute Gasteiger partial charge is 0.315 e. The van der Waals surface area contributed by atoms with Crippen LogP contribution in [0.1, 0.15) is 56.6 Å². The van der Waals surface area contributed by atoms with Crippen molar-refractivity contribution in [1.82, 2.24) is 20.1 Å². The number of piperidine rings is 1. The Bertz CT molecular complexity index is 379. The van der Waals surface area contributed by atoms with E-state index < -0.39 is 0 Å². The predicted octanol–water partition coefficient (Wildman–Crippen LogP) is 1.86. The minimum absolute atomic E-state index is 0.587. The van der Waals surface area contributed by atoms with Crippen LogP contribution in [0, 0.1) is 0 Å². The van der Waals surface area contributed by atoms with Gasteiger partial charge in [-0.25, -0.2) is 0 Å². The third kappa shape index (κ3) is 2.23. The first-order valence-corrected chi connectivity index (χ1v) is 7.00. The average Bonchev–Trinajstić information content (AvgIpc) is 2.76. The second-order valence-electron chi connectivity index (χ2n) is 5.52. The second-order valence-corrected chi connectivity index (χ2v) is 5.52. The zero-order valence-electron chi connectivity index (χ0n) is 10.7. The van der Waals surface area contributed by atoms with Gasteiger partial charge in [-0.15, -0.1) is 10.2 Å². The molecule has 2 aliphatic heterocycles. The molecular weight excluding hydrogens is 212 g/mol. The molecule has 0 amide bonds. The monoisotopic (exact) mass is 234 g/mol. The van der Waals surface area contributed by atoms with Crippen LogP contribution >= 0.6 is 0 Å². The molecule has 0 radical (unpaired) electrons. The number of nitrogens with zero attached hydrogens (tertiary/aromatic N) is 3. The molecule has 1 aromatic rings. The van der Waals surface area contributed by atoms with Crippen molar-refractivity contribution in [3.63, 3.8) is 0 Å². The van der Waals surface area contributed by atoms with E-state index in [1.165, 1.54) is 50.3 Å². The van der Waals surface area contributed by atoms with Crippen molar-refractivity contribution in [2.24, 2.45) is 0 Å². The van der Waals surface area contributed by atoms with Gasteiger partial charge in [-0.3, -0.25) is 0 Å². The van der Waals surface area contributed by atoms with Crippen LogP contribution in [0.25, 0.3) is 0 Å². The van der Waals surface area contributed by atoms with Gasteiger partial charge in [-0.05, 0) is 32.2 Å². The summed E-state index contributed by atoms with van der Waals surface area (Å²) < 4.78 is 2.37. The molecule has 0 spiro atoms. The summed E-state index contributed by atoms with van der Waals surface area (Å²) >= 11 is 0. The molecule has 1 aromatic heterocycles. The van der Waals surface area contributed by atoms with E-state index >= 15 is 0 Å². The summed E-state index contributed by atoms with van der Waals surface area (Å²) in [6.45, 7) is 4.55. The van der Waals surface area contributed by atoms with Crippen molar-refractivity contribution < 1.29 is 0 Å². The molecule has 3 rings (SSSR count). The maximum atomic E-state index is 4.42. The van der Waals surface area contributed by atoms with E-state index in [9.17, 15) is 0 Å². The van der Waals surface area contributed by atoms with E-state index in [0.29, 0.717) is 12.0 Å². The molecule has 1 saturated heterocycles. The second kappa shape index (κ2) is 4.77. The summed E-state index contributed by atoms with van der Waals surface area (Å²) in [7, 11) is 0. The number of hydrogen-bond acceptors (Lipinski definition) is 3. The van der Waals surface area contributed by atoms with Crippen LogP contribution in [0.3, 0.4) is 0 Å². The number of aromatic nitrogens is 3. The fourth-order valence-electron chi connectivity index (χ4n) is 3.11. The van der Waals surface area contributed by atoms with Gasteiger partial charge in [-0.2, -0.15) is 0 Å². The van der Waals surface area contributed by atoms with E-state index in [0.717, 1.165) is 13.0 Å². The van der Waals surface area contributed by atoms with Crippen molar-refractivity contribution in [2.75, 3.05) is 6.54 Å². The summed E-state index contributed by atoms with van der Waals surface area (Å²) in [5, 5.41) is 12.4. The SMILES string of the molecule is CC1CCCn2c(CC3CCCCN3)nnc21. The highest BCUT2D eigenvalue weighted by Crippen LogP contribution is 2.26. The molecule has 17 heavy (non-hydrogen) atoms. The van der Waals surface area contributed by atoms with Crippen LogP contribution in [-0.4, -0.2) is 27.4 Å². The molecular formula is C13H22N4. The Kier molecular flexibility index (Phi) is 3.14. The van der Waals surface area contributed by atoms with Gasteiger partial charge in [-0.1, -0.05) is 13.3 Å². The van der Waals surface area contributed by atoms with Crippen LogP contribution in [0.5, 0.6) is 0 Å². The molecule has 2 atom stereocenters. The Morgan fingerprint density at radius 2 is 2.18 bits per heavy atom. The van der Waals surface area contributed by atoms with Crippen LogP contribution in [-0.2, 0) is 13.0 Å². The van der Waals surface area contributed by atoms with Gasteiger partial charge in [0.15, 0.2) is 0 Å². The van der Waals surface area contributed by atoms with Gasteiger partial charge in [0.25, 0.3) is 0 Å². The highest BCUT2D eigenvalue weighted by Gasteiger charge is 2.23. The molecule has 4 nitrogen and oxygen atoms in total. The standard InChI is InChI=1S/C13H22N4/c1-10-5-4-8-17-12(15-16-13(10)17)9-11-6-2-3-7-14-11/h10-11,14H,2-9H2,1H3. The summed E-state index contributed by atoms with van der Waals surface area (Å²) in [6.07, 6.45) is 7.56. The van der Waals surface area contributed by atoms with E-state index in [1.54, 1.807) is 0 Å². The lowest BCUT2D eigenvalue weighted by molar-refractivity contribution is 0.382. The minimum Gasteiger partial charge on any atom is -0.315 e. The fourth-order valence-corrected chi connectivity index (χ4v) is 3.11. The number of fused-ring (bicyclic) bond motifs is 1. The van der Waals surface area contributed by atoms with Crippen molar-refractivity contribution in [3.05, 3.63) is 11.6 Å². The first kappa shape index (κ1) is 11.2. The molecule has 3 heterocycles. The minimum atomic E-state index is 0.587. The van der Waals surface area contributed by atoms with Gasteiger partial charge in [0.1, 0.15) is 11.6 Å². The van der Waals surface area contributed by atoms with Gasteiger partial charge in [0.05, 0.1) is 0 Å². The highest BCUT2D eigenvalue weighted by molar-refractivity contribution is 5.05. The quantitative estimate of drug-likeness (QED) is 0.849. The summed E-state index contributed by atoms with van der Waals surface area (Å²) in [5.74, 6) is 3.00. The molecule has 0 aromatic carbocycles. The maximum absolute atomic E-state index is 4.42. The van der Waals surface area contributed by atoms with Crippen molar-refractivity contribution >= 4 is 0 Å². The maximum Gasteiger partial charge on any atom is 0.135 e. The lowest BCUT2D eigenvalue weighted by atomic mass is 9.99. The van der Waals surface area contributed by atoms with E-state index in [1.807, 2.05) is 0 Å². The van der Waals surface area contributed by atoms with E-state index in [4.69, 9.17) is 0 Å². The topological polar surface area (TPSA) is 42.7 Å². The number of nitrogens with one attached hydrogen (secondary N) is 1. The van der Waals surface area contributed by atoms with Crippen molar-refractivity contribution in [1.29, 1.82) is 0 Å². The van der Waals surface area contributed by atoms with Crippen LogP contribution in [0.15, 0.2) is 0 Å². The molecule has 0 aliphatic carbocycles. The Morgan fingerprint density at radius 3 is 3.00 bits per heavy atom. The molecule has 94 valence electrons. The predicted molar refractivity (Wildman–Crippen MR) is 67.0 cm³/mol. The summed E-state index contributed by atoms with van der Waals surface area (Å²) in [6, 6.07) is 0.620. The van der Waals surface area contributed by atoms with E-state index in [2.05, 4.69) is 27.0 Å². The van der Waals surface area contributed by atoms with Gasteiger partial charge in [0.2, 0.25) is 0 Å². The highest BCUT2D eigenvalue weighted by atomic mass is 15.3. The lowest BCUT2D eigenvalue weighted by Crippen LogP contribution is -2.36. The molecule has 1 fully saturated rings. The van der Waals surface area contributed by atoms with Crippen LogP contribution in [0.4, 0.5) is 0 Å². The van der Waals surface area contributed by atoms with Crippen molar-refractivity contribution in [2.45, 2.75) is 64.0 Å². The molecule has 2 unspecified atom stereocenters. The normalized spacial score (nSPS) is 29.0. The number of rotatable bonds is 2. The average molecular weight is 234 g/mol. The summed E-state index contributed by atoms with van der Waals surface area (Å²) in [5.41, 5.74) is 0. The lowest BCUT2D eigenvalue weighted by Gasteiger charge is -2.25. The van der Waals surface area contributed by atoms with E-state index in [-0.39, 0.29) is 0 Å².